The van der Waals surface area contributed by atoms with Gasteiger partial charge in [0.1, 0.15) is 16.4 Å². The van der Waals surface area contributed by atoms with Crippen LogP contribution in [0.3, 0.4) is 0 Å². The quantitative estimate of drug-likeness (QED) is 0.717. The fraction of sp³-hybridized carbons (Fsp3) is 0.278. The number of hydrogen-bond donors (Lipinski definition) is 1. The Morgan fingerprint density at radius 3 is 2.32 bits per heavy atom. The molecule has 2 aromatic rings. The van der Waals surface area contributed by atoms with Gasteiger partial charge < -0.3 is 14.8 Å². The van der Waals surface area contributed by atoms with E-state index in [1.54, 1.807) is 0 Å². The molecule has 0 fully saturated rings. The van der Waals surface area contributed by atoms with Gasteiger partial charge in [-0.05, 0) is 35.9 Å². The second-order valence-corrected chi connectivity index (χ2v) is 7.98. The zero-order valence-corrected chi connectivity index (χ0v) is 16.3. The highest BCUT2D eigenvalue weighted by Crippen LogP contribution is 2.27. The molecule has 0 unspecified atom stereocenters. The van der Waals surface area contributed by atoms with E-state index in [-0.39, 0.29) is 28.5 Å². The molecule has 10 heteroatoms. The fourth-order valence-corrected chi connectivity index (χ4v) is 3.36. The summed E-state index contributed by atoms with van der Waals surface area (Å²) in [5.41, 5.74) is 0.795. The van der Waals surface area contributed by atoms with Crippen molar-refractivity contribution in [3.05, 3.63) is 53.6 Å². The minimum Gasteiger partial charge on any atom is -0.495 e. The molecule has 0 radical (unpaired) electrons. The van der Waals surface area contributed by atoms with Crippen LogP contribution in [0.4, 0.5) is 8.78 Å². The molecule has 28 heavy (non-hydrogen) atoms. The van der Waals surface area contributed by atoms with E-state index in [4.69, 9.17) is 4.74 Å². The minimum absolute atomic E-state index is 0.0127. The molecule has 1 amide bonds. The Balaban J connectivity index is 2.14. The van der Waals surface area contributed by atoms with Crippen molar-refractivity contribution in [3.8, 4) is 11.5 Å². The zero-order valence-electron chi connectivity index (χ0n) is 15.5. The third kappa shape index (κ3) is 5.17. The van der Waals surface area contributed by atoms with Gasteiger partial charge in [0.05, 0.1) is 7.11 Å². The normalized spacial score (nSPS) is 11.5. The van der Waals surface area contributed by atoms with Gasteiger partial charge in [0.2, 0.25) is 10.0 Å². The van der Waals surface area contributed by atoms with Crippen molar-refractivity contribution >= 4 is 15.9 Å². The summed E-state index contributed by atoms with van der Waals surface area (Å²) in [5, 5.41) is 2.64. The molecule has 7 nitrogen and oxygen atoms in total. The number of ether oxygens (including phenoxy) is 2. The van der Waals surface area contributed by atoms with Crippen molar-refractivity contribution in [2.45, 2.75) is 18.1 Å². The lowest BCUT2D eigenvalue weighted by Gasteiger charge is -2.15. The maximum absolute atomic E-state index is 12.4. The van der Waals surface area contributed by atoms with Crippen molar-refractivity contribution in [2.75, 3.05) is 21.2 Å². The summed E-state index contributed by atoms with van der Waals surface area (Å²) in [5.74, 6) is -0.357. The van der Waals surface area contributed by atoms with E-state index in [9.17, 15) is 22.0 Å². The van der Waals surface area contributed by atoms with Crippen LogP contribution in [-0.4, -0.2) is 46.4 Å². The Morgan fingerprint density at radius 1 is 1.14 bits per heavy atom. The average molecular weight is 414 g/mol. The summed E-state index contributed by atoms with van der Waals surface area (Å²) in [6, 6.07) is 9.89. The van der Waals surface area contributed by atoms with E-state index in [0.717, 1.165) is 4.31 Å². The molecule has 0 bridgehead atoms. The van der Waals surface area contributed by atoms with E-state index in [1.807, 2.05) is 0 Å². The number of nitrogens with one attached hydrogen (secondary N) is 1. The van der Waals surface area contributed by atoms with Crippen LogP contribution in [0.25, 0.3) is 0 Å². The Bertz CT molecular complexity index is 931. The highest BCUT2D eigenvalue weighted by molar-refractivity contribution is 7.89. The van der Waals surface area contributed by atoms with Gasteiger partial charge in [-0.25, -0.2) is 12.7 Å². The molecule has 1 N–H and O–H groups in total. The molecule has 0 saturated heterocycles. The van der Waals surface area contributed by atoms with Gasteiger partial charge in [-0.3, -0.25) is 4.79 Å². The van der Waals surface area contributed by atoms with Gasteiger partial charge in [0, 0.05) is 26.2 Å². The van der Waals surface area contributed by atoms with Crippen LogP contribution < -0.4 is 14.8 Å². The lowest BCUT2D eigenvalue weighted by Crippen LogP contribution is -2.25. The van der Waals surface area contributed by atoms with E-state index >= 15 is 0 Å². The number of alkyl halides is 2. The van der Waals surface area contributed by atoms with Gasteiger partial charge in [-0.1, -0.05) is 12.1 Å². The third-order valence-corrected chi connectivity index (χ3v) is 5.62. The average Bonchev–Trinajstić information content (AvgIpc) is 2.66. The third-order valence-electron chi connectivity index (χ3n) is 3.79. The molecular weight excluding hydrogens is 394 g/mol. The summed E-state index contributed by atoms with van der Waals surface area (Å²) in [6.07, 6.45) is 0. The maximum Gasteiger partial charge on any atom is 0.387 e. The van der Waals surface area contributed by atoms with Crippen LogP contribution in [0.1, 0.15) is 15.9 Å². The number of benzene rings is 2. The molecule has 0 spiro atoms. The van der Waals surface area contributed by atoms with Crippen LogP contribution in [0.2, 0.25) is 0 Å². The number of nitrogens with zero attached hydrogens (tertiary/aromatic N) is 1. The molecule has 2 rings (SSSR count). The number of sulfonamides is 1. The van der Waals surface area contributed by atoms with Gasteiger partial charge in [0.25, 0.3) is 5.91 Å². The molecule has 0 aliphatic rings. The number of rotatable bonds is 8. The summed E-state index contributed by atoms with van der Waals surface area (Å²) in [7, 11) is 0.290. The molecule has 152 valence electrons. The topological polar surface area (TPSA) is 84.9 Å². The number of amides is 1. The Kier molecular flexibility index (Phi) is 6.92. The summed E-state index contributed by atoms with van der Waals surface area (Å²) < 4.78 is 59.5. The van der Waals surface area contributed by atoms with E-state index < -0.39 is 22.5 Å². The number of methoxy groups -OCH3 is 1. The summed E-state index contributed by atoms with van der Waals surface area (Å²) in [6.45, 7) is -2.79. The molecule has 0 aromatic heterocycles. The Labute approximate surface area is 161 Å². The molecule has 0 saturated carbocycles. The van der Waals surface area contributed by atoms with Crippen molar-refractivity contribution in [2.24, 2.45) is 0 Å². The molecule has 2 aromatic carbocycles. The van der Waals surface area contributed by atoms with Crippen LogP contribution in [0.15, 0.2) is 47.4 Å². The highest BCUT2D eigenvalue weighted by atomic mass is 32.2. The molecule has 0 aliphatic carbocycles. The van der Waals surface area contributed by atoms with Crippen LogP contribution in [-0.2, 0) is 16.6 Å². The van der Waals surface area contributed by atoms with Gasteiger partial charge in [-0.15, -0.1) is 0 Å². The number of halogens is 2. The summed E-state index contributed by atoms with van der Waals surface area (Å²) >= 11 is 0. The highest BCUT2D eigenvalue weighted by Gasteiger charge is 2.23. The summed E-state index contributed by atoms with van der Waals surface area (Å²) in [4.78, 5) is 12.3. The first-order valence-electron chi connectivity index (χ1n) is 8.07. The Hall–Kier alpha value is -2.72. The van der Waals surface area contributed by atoms with Gasteiger partial charge >= 0.3 is 6.61 Å². The van der Waals surface area contributed by atoms with Crippen molar-refractivity contribution in [3.63, 3.8) is 0 Å². The van der Waals surface area contributed by atoms with E-state index in [0.29, 0.717) is 5.56 Å². The van der Waals surface area contributed by atoms with E-state index in [2.05, 4.69) is 10.1 Å². The van der Waals surface area contributed by atoms with Gasteiger partial charge in [-0.2, -0.15) is 8.78 Å². The van der Waals surface area contributed by atoms with Gasteiger partial charge in [0.15, 0.2) is 0 Å². The lowest BCUT2D eigenvalue weighted by atomic mass is 10.2. The Morgan fingerprint density at radius 2 is 1.79 bits per heavy atom. The monoisotopic (exact) mass is 414 g/mol. The van der Waals surface area contributed by atoms with Crippen LogP contribution >= 0.6 is 0 Å². The van der Waals surface area contributed by atoms with Crippen LogP contribution in [0.5, 0.6) is 11.5 Å². The minimum atomic E-state index is -3.80. The van der Waals surface area contributed by atoms with Crippen LogP contribution in [0, 0.1) is 0 Å². The van der Waals surface area contributed by atoms with E-state index in [1.165, 1.54) is 63.7 Å². The second kappa shape index (κ2) is 8.98. The first-order valence-corrected chi connectivity index (χ1v) is 9.51. The van der Waals surface area contributed by atoms with Crippen molar-refractivity contribution < 1.29 is 31.5 Å². The first-order chi connectivity index (χ1) is 13.1. The molecule has 0 aliphatic heterocycles. The van der Waals surface area contributed by atoms with Crippen molar-refractivity contribution in [1.82, 2.24) is 9.62 Å². The predicted molar refractivity (Wildman–Crippen MR) is 98.1 cm³/mol. The first kappa shape index (κ1) is 21.6. The largest absolute Gasteiger partial charge is 0.495 e. The second-order valence-electron chi connectivity index (χ2n) is 5.86. The number of carbonyl (C=O) groups excluding carboxylic acids is 1. The predicted octanol–water partition coefficient (Wildman–Crippen LogP) is 2.48. The standard InChI is InChI=1S/C18H20F2N2O5S/c1-22(2)28(24,25)16-10-13(6-9-15(16)26-3)17(23)21-11-12-4-7-14(8-5-12)27-18(19)20/h4-10,18H,11H2,1-3H3,(H,21,23). The van der Waals surface area contributed by atoms with Crippen molar-refractivity contribution in [1.29, 1.82) is 0 Å². The maximum atomic E-state index is 12.4. The number of hydrogen-bond acceptors (Lipinski definition) is 5. The smallest absolute Gasteiger partial charge is 0.387 e. The zero-order chi connectivity index (χ0) is 20.9. The number of carbonyl (C=O) groups is 1. The SMILES string of the molecule is COc1ccc(C(=O)NCc2ccc(OC(F)F)cc2)cc1S(=O)(=O)N(C)C. The molecule has 0 atom stereocenters. The molecular formula is C18H20F2N2O5S. The molecule has 0 heterocycles. The lowest BCUT2D eigenvalue weighted by molar-refractivity contribution is -0.0498. The fourth-order valence-electron chi connectivity index (χ4n) is 2.29.